The van der Waals surface area contributed by atoms with Gasteiger partial charge in [0.1, 0.15) is 5.75 Å². The van der Waals surface area contributed by atoms with Crippen molar-refractivity contribution in [2.45, 2.75) is 18.7 Å². The smallest absolute Gasteiger partial charge is 0.126 e. The van der Waals surface area contributed by atoms with Gasteiger partial charge in [0, 0.05) is 15.1 Å². The highest BCUT2D eigenvalue weighted by Gasteiger charge is 2.21. The minimum Gasteiger partial charge on any atom is -0.496 e. The topological polar surface area (TPSA) is 9.23 Å². The maximum Gasteiger partial charge on any atom is 0.126 e. The van der Waals surface area contributed by atoms with Crippen molar-refractivity contribution in [1.82, 2.24) is 0 Å². The van der Waals surface area contributed by atoms with Crippen LogP contribution in [0.4, 0.5) is 0 Å². The summed E-state index contributed by atoms with van der Waals surface area (Å²) in [6, 6.07) is 9.94. The fourth-order valence-electron chi connectivity index (χ4n) is 2.28. The first-order valence-electron chi connectivity index (χ1n) is 6.18. The predicted molar refractivity (Wildman–Crippen MR) is 92.4 cm³/mol. The van der Waals surface area contributed by atoms with E-state index in [1.807, 2.05) is 25.1 Å². The molecule has 0 aliphatic heterocycles. The Balaban J connectivity index is 2.62. The molecule has 0 fully saturated rings. The number of rotatable bonds is 3. The molecule has 0 radical (unpaired) electrons. The molecule has 106 valence electrons. The van der Waals surface area contributed by atoms with Gasteiger partial charge in [-0.05, 0) is 48.7 Å². The lowest BCUT2D eigenvalue weighted by Crippen LogP contribution is -2.02. The Kier molecular flexibility index (Phi) is 5.16. The second-order valence-electron chi connectivity index (χ2n) is 4.66. The SMILES string of the molecule is COc1c(C)cc(Br)c(C)c1C(Br)c1cccc(Cl)c1. The van der Waals surface area contributed by atoms with Crippen LogP contribution in [-0.4, -0.2) is 7.11 Å². The third-order valence-electron chi connectivity index (χ3n) is 3.31. The van der Waals surface area contributed by atoms with Gasteiger partial charge in [-0.1, -0.05) is 55.6 Å². The molecule has 0 aliphatic carbocycles. The Labute approximate surface area is 141 Å². The van der Waals surface area contributed by atoms with Crippen LogP contribution < -0.4 is 4.74 Å². The largest absolute Gasteiger partial charge is 0.496 e. The Hall–Kier alpha value is -0.510. The normalized spacial score (nSPS) is 12.3. The molecule has 20 heavy (non-hydrogen) atoms. The van der Waals surface area contributed by atoms with E-state index in [2.05, 4.69) is 50.9 Å². The fraction of sp³-hybridized carbons (Fsp3) is 0.250. The lowest BCUT2D eigenvalue weighted by atomic mass is 9.97. The van der Waals surface area contributed by atoms with Crippen molar-refractivity contribution < 1.29 is 4.74 Å². The van der Waals surface area contributed by atoms with E-state index in [9.17, 15) is 0 Å². The Bertz CT molecular complexity index is 641. The molecule has 0 spiro atoms. The van der Waals surface area contributed by atoms with Crippen LogP contribution in [0.1, 0.15) is 27.1 Å². The van der Waals surface area contributed by atoms with E-state index >= 15 is 0 Å². The second kappa shape index (κ2) is 6.50. The molecule has 0 aliphatic rings. The maximum atomic E-state index is 6.09. The van der Waals surface area contributed by atoms with Crippen LogP contribution in [-0.2, 0) is 0 Å². The van der Waals surface area contributed by atoms with Crippen molar-refractivity contribution in [3.8, 4) is 5.75 Å². The zero-order valence-corrected chi connectivity index (χ0v) is 15.4. The molecular formula is C16H15Br2ClO. The summed E-state index contributed by atoms with van der Waals surface area (Å²) in [4.78, 5) is 0.0346. The van der Waals surface area contributed by atoms with Crippen molar-refractivity contribution in [2.24, 2.45) is 0 Å². The summed E-state index contributed by atoms with van der Waals surface area (Å²) in [5.41, 5.74) is 4.50. The first-order valence-corrected chi connectivity index (χ1v) is 8.27. The van der Waals surface area contributed by atoms with E-state index in [1.54, 1.807) is 7.11 Å². The summed E-state index contributed by atoms with van der Waals surface area (Å²) in [5.74, 6) is 0.910. The second-order valence-corrected chi connectivity index (χ2v) is 6.87. The van der Waals surface area contributed by atoms with E-state index in [0.29, 0.717) is 0 Å². The van der Waals surface area contributed by atoms with Crippen LogP contribution >= 0.6 is 43.5 Å². The predicted octanol–water partition coefficient (Wildman–Crippen LogP) is 6.21. The third kappa shape index (κ3) is 3.05. The van der Waals surface area contributed by atoms with Gasteiger partial charge in [-0.15, -0.1) is 0 Å². The first kappa shape index (κ1) is 15.9. The number of aryl methyl sites for hydroxylation is 1. The number of alkyl halides is 1. The molecule has 0 amide bonds. The first-order chi connectivity index (χ1) is 9.45. The quantitative estimate of drug-likeness (QED) is 0.538. The highest BCUT2D eigenvalue weighted by Crippen LogP contribution is 2.43. The fourth-order valence-corrected chi connectivity index (χ4v) is 3.87. The van der Waals surface area contributed by atoms with E-state index in [1.165, 1.54) is 0 Å². The van der Waals surface area contributed by atoms with Gasteiger partial charge in [0.05, 0.1) is 11.9 Å². The van der Waals surface area contributed by atoms with Crippen molar-refractivity contribution in [2.75, 3.05) is 7.11 Å². The molecule has 0 saturated heterocycles. The van der Waals surface area contributed by atoms with E-state index in [4.69, 9.17) is 16.3 Å². The molecule has 0 saturated carbocycles. The van der Waals surface area contributed by atoms with Gasteiger partial charge in [-0.2, -0.15) is 0 Å². The molecule has 0 heterocycles. The zero-order valence-electron chi connectivity index (χ0n) is 11.5. The summed E-state index contributed by atoms with van der Waals surface area (Å²) in [7, 11) is 1.71. The average molecular weight is 419 g/mol. The third-order valence-corrected chi connectivity index (χ3v) is 5.35. The van der Waals surface area contributed by atoms with Gasteiger partial charge in [0.25, 0.3) is 0 Å². The summed E-state index contributed by atoms with van der Waals surface area (Å²) >= 11 is 13.5. The molecular weight excluding hydrogens is 403 g/mol. The standard InChI is InChI=1S/C16H15Br2ClO/c1-9-7-13(17)10(2)14(16(9)20-3)15(18)11-5-4-6-12(19)8-11/h4-8,15H,1-3H3. The van der Waals surface area contributed by atoms with E-state index in [-0.39, 0.29) is 4.83 Å². The van der Waals surface area contributed by atoms with E-state index < -0.39 is 0 Å². The van der Waals surface area contributed by atoms with Gasteiger partial charge in [-0.3, -0.25) is 0 Å². The number of halogens is 3. The molecule has 2 aromatic carbocycles. The molecule has 1 atom stereocenters. The summed E-state index contributed by atoms with van der Waals surface area (Å²) < 4.78 is 6.68. The van der Waals surface area contributed by atoms with Crippen molar-refractivity contribution >= 4 is 43.5 Å². The molecule has 1 nitrogen and oxygen atoms in total. The van der Waals surface area contributed by atoms with Gasteiger partial charge in [0.15, 0.2) is 0 Å². The van der Waals surface area contributed by atoms with Gasteiger partial charge in [-0.25, -0.2) is 0 Å². The van der Waals surface area contributed by atoms with Crippen LogP contribution in [0.25, 0.3) is 0 Å². The minimum atomic E-state index is 0.0346. The highest BCUT2D eigenvalue weighted by atomic mass is 79.9. The van der Waals surface area contributed by atoms with Crippen LogP contribution in [0.15, 0.2) is 34.8 Å². The minimum absolute atomic E-state index is 0.0346. The molecule has 0 aromatic heterocycles. The number of hydrogen-bond acceptors (Lipinski definition) is 1. The lowest BCUT2D eigenvalue weighted by Gasteiger charge is -2.20. The van der Waals surface area contributed by atoms with Gasteiger partial charge < -0.3 is 4.74 Å². The Morgan fingerprint density at radius 3 is 2.50 bits per heavy atom. The molecule has 4 heteroatoms. The number of hydrogen-bond donors (Lipinski definition) is 0. The average Bonchev–Trinajstić information content (AvgIpc) is 2.41. The van der Waals surface area contributed by atoms with Crippen molar-refractivity contribution in [1.29, 1.82) is 0 Å². The number of ether oxygens (including phenoxy) is 1. The van der Waals surface area contributed by atoms with Crippen LogP contribution in [0.5, 0.6) is 5.75 Å². The molecule has 0 N–H and O–H groups in total. The van der Waals surface area contributed by atoms with Crippen LogP contribution in [0.3, 0.4) is 0 Å². The van der Waals surface area contributed by atoms with Crippen molar-refractivity contribution in [3.05, 3.63) is 62.1 Å². The zero-order chi connectivity index (χ0) is 14.9. The van der Waals surface area contributed by atoms with Gasteiger partial charge in [0.2, 0.25) is 0 Å². The van der Waals surface area contributed by atoms with Crippen LogP contribution in [0, 0.1) is 13.8 Å². The monoisotopic (exact) mass is 416 g/mol. The van der Waals surface area contributed by atoms with Crippen molar-refractivity contribution in [3.63, 3.8) is 0 Å². The Morgan fingerprint density at radius 2 is 1.90 bits per heavy atom. The summed E-state index contributed by atoms with van der Waals surface area (Å²) in [6.45, 7) is 4.13. The molecule has 2 rings (SSSR count). The van der Waals surface area contributed by atoms with Gasteiger partial charge >= 0.3 is 0 Å². The summed E-state index contributed by atoms with van der Waals surface area (Å²) in [6.07, 6.45) is 0. The lowest BCUT2D eigenvalue weighted by molar-refractivity contribution is 0.406. The molecule has 2 aromatic rings. The Morgan fingerprint density at radius 1 is 1.20 bits per heavy atom. The summed E-state index contributed by atoms with van der Waals surface area (Å²) in [5, 5.41) is 0.732. The number of methoxy groups -OCH3 is 1. The molecule has 1 unspecified atom stereocenters. The number of benzene rings is 2. The van der Waals surface area contributed by atoms with Crippen LogP contribution in [0.2, 0.25) is 5.02 Å². The highest BCUT2D eigenvalue weighted by molar-refractivity contribution is 9.10. The maximum absolute atomic E-state index is 6.09. The van der Waals surface area contributed by atoms with E-state index in [0.717, 1.165) is 37.5 Å². The molecule has 0 bridgehead atoms.